The molecule has 0 saturated carbocycles. The van der Waals surface area contributed by atoms with Gasteiger partial charge in [0.2, 0.25) is 0 Å². The van der Waals surface area contributed by atoms with Gasteiger partial charge in [-0.3, -0.25) is 0 Å². The van der Waals surface area contributed by atoms with Gasteiger partial charge in [-0.15, -0.1) is 24.8 Å². The highest BCUT2D eigenvalue weighted by atomic mass is 35.6. The molecule has 2 rings (SSSR count). The third kappa shape index (κ3) is 19.4. The maximum absolute atomic E-state index is 13.2. The lowest BCUT2D eigenvalue weighted by Crippen LogP contribution is -2.32. The quantitative estimate of drug-likeness (QED) is 0.286. The third-order valence-electron chi connectivity index (χ3n) is 2.84. The zero-order valence-corrected chi connectivity index (χ0v) is 23.0. The van der Waals surface area contributed by atoms with Crippen molar-refractivity contribution in [2.45, 2.75) is 43.8 Å². The summed E-state index contributed by atoms with van der Waals surface area (Å²) in [6, 6.07) is 2.77. The molecule has 0 fully saturated rings. The van der Waals surface area contributed by atoms with Crippen molar-refractivity contribution in [1.82, 2.24) is 15.3 Å². The number of hydrogen-bond donors (Lipinski definition) is 2. The van der Waals surface area contributed by atoms with Crippen LogP contribution < -0.4 is 11.1 Å². The van der Waals surface area contributed by atoms with Crippen LogP contribution in [-0.4, -0.2) is 26.0 Å². The van der Waals surface area contributed by atoms with Crippen molar-refractivity contribution in [2.75, 3.05) is 0 Å². The molecule has 15 heteroatoms. The Labute approximate surface area is 228 Å². The number of nitrogens with one attached hydrogen (secondary N) is 1. The van der Waals surface area contributed by atoms with Crippen LogP contribution in [0.1, 0.15) is 31.9 Å². The lowest BCUT2D eigenvalue weighted by Gasteiger charge is -2.19. The van der Waals surface area contributed by atoms with Crippen LogP contribution in [0.15, 0.2) is 24.5 Å². The molecule has 0 saturated heterocycles. The molecule has 3 N–H and O–H groups in total. The van der Waals surface area contributed by atoms with Gasteiger partial charge in [-0.25, -0.2) is 23.5 Å². The second-order valence-electron chi connectivity index (χ2n) is 6.50. The van der Waals surface area contributed by atoms with E-state index in [2.05, 4.69) is 15.3 Å². The number of aromatic nitrogens is 2. The van der Waals surface area contributed by atoms with Gasteiger partial charge in [0.05, 0.1) is 12.4 Å². The molecule has 0 spiro atoms. The lowest BCUT2D eigenvalue weighted by molar-refractivity contribution is 0.0523. The number of rotatable bonds is 3. The van der Waals surface area contributed by atoms with Gasteiger partial charge in [-0.1, -0.05) is 58.0 Å². The summed E-state index contributed by atoms with van der Waals surface area (Å²) in [6.45, 7) is 5.39. The monoisotopic (exact) mass is 610 g/mol. The molecule has 0 aliphatic heterocycles. The smallest absolute Gasteiger partial charge is 0.407 e. The second kappa shape index (κ2) is 18.7. The molecular formula is C18H23Cl7F2N4O2. The fourth-order valence-electron chi connectivity index (χ4n) is 1.68. The van der Waals surface area contributed by atoms with E-state index in [1.807, 2.05) is 0 Å². The molecule has 2 aromatic heterocycles. The molecule has 6 nitrogen and oxygen atoms in total. The number of carbonyl (C=O) groups excluding carboxylic acids is 1. The standard InChI is InChI=1S/C11H14ClFN2O2.C6H6ClFN2.CHCl3.2ClH/c1-11(2,3)17-10(16)15-5-7-4-9(12)14-6-8(7)13;7-6-1-4(2-9)5(8)3-10-6;2-1(3)4;;/h4,6H,5H2,1-3H3,(H,15,16);1,3H,2,9H2;1H;2*1H. The highest BCUT2D eigenvalue weighted by Gasteiger charge is 2.16. The van der Waals surface area contributed by atoms with Crippen LogP contribution in [-0.2, 0) is 17.8 Å². The number of nitrogens with zero attached hydrogens (tertiary/aromatic N) is 2. The average molecular weight is 614 g/mol. The zero-order chi connectivity index (χ0) is 24.2. The Morgan fingerprint density at radius 3 is 1.79 bits per heavy atom. The van der Waals surface area contributed by atoms with E-state index in [9.17, 15) is 13.6 Å². The largest absolute Gasteiger partial charge is 0.444 e. The third-order valence-corrected chi connectivity index (χ3v) is 3.26. The molecule has 190 valence electrons. The van der Waals surface area contributed by atoms with E-state index in [1.165, 1.54) is 12.1 Å². The van der Waals surface area contributed by atoms with E-state index in [1.54, 1.807) is 20.8 Å². The van der Waals surface area contributed by atoms with E-state index in [4.69, 9.17) is 68.5 Å². The van der Waals surface area contributed by atoms with Gasteiger partial charge >= 0.3 is 6.09 Å². The Bertz CT molecular complexity index is 841. The minimum absolute atomic E-state index is 0. The number of halogens is 9. The fraction of sp³-hybridized carbons (Fsp3) is 0.389. The van der Waals surface area contributed by atoms with Gasteiger partial charge in [0, 0.05) is 24.2 Å². The number of pyridine rings is 2. The van der Waals surface area contributed by atoms with Crippen molar-refractivity contribution in [2.24, 2.45) is 5.73 Å². The molecule has 0 bridgehead atoms. The van der Waals surface area contributed by atoms with E-state index in [-0.39, 0.29) is 53.8 Å². The number of carbonyl (C=O) groups is 1. The fourth-order valence-corrected chi connectivity index (χ4v) is 2.04. The first kappa shape index (κ1) is 37.0. The second-order valence-corrected chi connectivity index (χ2v) is 9.26. The van der Waals surface area contributed by atoms with Crippen molar-refractivity contribution in [3.63, 3.8) is 0 Å². The minimum Gasteiger partial charge on any atom is -0.444 e. The summed E-state index contributed by atoms with van der Waals surface area (Å²) in [6.07, 6.45) is 1.46. The topological polar surface area (TPSA) is 90.1 Å². The number of nitrogens with two attached hydrogens (primary N) is 1. The van der Waals surface area contributed by atoms with Gasteiger partial charge in [-0.05, 0) is 32.9 Å². The van der Waals surface area contributed by atoms with Crippen LogP contribution in [0.25, 0.3) is 0 Å². The maximum Gasteiger partial charge on any atom is 0.407 e. The lowest BCUT2D eigenvalue weighted by atomic mass is 10.2. The van der Waals surface area contributed by atoms with Gasteiger partial charge in [0.1, 0.15) is 27.5 Å². The number of amides is 1. The first-order valence-corrected chi connectivity index (χ1v) is 10.5. The summed E-state index contributed by atoms with van der Waals surface area (Å²) in [5.41, 5.74) is 5.26. The molecule has 0 aromatic carbocycles. The van der Waals surface area contributed by atoms with Crippen molar-refractivity contribution in [1.29, 1.82) is 0 Å². The molecule has 1 amide bonds. The number of alkyl halides is 3. The van der Waals surface area contributed by atoms with Crippen LogP contribution in [0, 0.1) is 11.6 Å². The van der Waals surface area contributed by atoms with Crippen molar-refractivity contribution >= 4 is 88.9 Å². The molecular weight excluding hydrogens is 590 g/mol. The summed E-state index contributed by atoms with van der Waals surface area (Å²) in [7, 11) is 0. The van der Waals surface area contributed by atoms with Gasteiger partial charge in [0.15, 0.2) is 4.30 Å². The normalized spacial score (nSPS) is 9.82. The van der Waals surface area contributed by atoms with Gasteiger partial charge in [0.25, 0.3) is 0 Å². The molecule has 0 radical (unpaired) electrons. The Kier molecular flexibility index (Phi) is 21.0. The van der Waals surface area contributed by atoms with Crippen LogP contribution in [0.2, 0.25) is 10.3 Å². The van der Waals surface area contributed by atoms with Crippen LogP contribution in [0.4, 0.5) is 13.6 Å². The molecule has 0 atom stereocenters. The van der Waals surface area contributed by atoms with Gasteiger partial charge < -0.3 is 15.8 Å². The Morgan fingerprint density at radius 1 is 1.03 bits per heavy atom. The minimum atomic E-state index is -0.750. The van der Waals surface area contributed by atoms with E-state index < -0.39 is 27.6 Å². The first-order chi connectivity index (χ1) is 14.2. The van der Waals surface area contributed by atoms with E-state index >= 15 is 0 Å². The maximum atomic E-state index is 13.2. The average Bonchev–Trinajstić information content (AvgIpc) is 2.63. The Morgan fingerprint density at radius 2 is 1.42 bits per heavy atom. The SMILES string of the molecule is CC(C)(C)OC(=O)NCc1cc(Cl)ncc1F.Cl.Cl.ClC(Cl)Cl.NCc1cc(Cl)ncc1F. The summed E-state index contributed by atoms with van der Waals surface area (Å²) < 4.78 is 30.1. The summed E-state index contributed by atoms with van der Waals surface area (Å²) in [5, 5.41) is 2.88. The Hall–Kier alpha value is -0.580. The predicted molar refractivity (Wildman–Crippen MR) is 135 cm³/mol. The number of ether oxygens (including phenoxy) is 1. The molecule has 0 unspecified atom stereocenters. The molecule has 0 aliphatic carbocycles. The Balaban J connectivity index is -0.000000480. The number of hydrogen-bond acceptors (Lipinski definition) is 5. The molecule has 0 aliphatic rings. The molecule has 2 aromatic rings. The molecule has 2 heterocycles. The van der Waals surface area contributed by atoms with Crippen molar-refractivity contribution in [3.8, 4) is 0 Å². The van der Waals surface area contributed by atoms with E-state index in [0.29, 0.717) is 5.56 Å². The predicted octanol–water partition coefficient (Wildman–Crippen LogP) is 7.06. The number of alkyl carbamates (subject to hydrolysis) is 1. The molecule has 33 heavy (non-hydrogen) atoms. The van der Waals surface area contributed by atoms with Crippen molar-refractivity contribution in [3.05, 3.63) is 57.6 Å². The van der Waals surface area contributed by atoms with Gasteiger partial charge in [-0.2, -0.15) is 0 Å². The van der Waals surface area contributed by atoms with E-state index in [0.717, 1.165) is 12.4 Å². The summed E-state index contributed by atoms with van der Waals surface area (Å²) >= 11 is 25.5. The van der Waals surface area contributed by atoms with Crippen LogP contribution in [0.5, 0.6) is 0 Å². The zero-order valence-electron chi connectivity index (χ0n) is 17.6. The summed E-state index contributed by atoms with van der Waals surface area (Å²) in [5.74, 6) is -0.933. The van der Waals surface area contributed by atoms with Crippen LogP contribution in [0.3, 0.4) is 0 Å². The van der Waals surface area contributed by atoms with Crippen molar-refractivity contribution < 1.29 is 18.3 Å². The summed E-state index contributed by atoms with van der Waals surface area (Å²) in [4.78, 5) is 18.4. The first-order valence-electron chi connectivity index (χ1n) is 8.44. The highest BCUT2D eigenvalue weighted by Crippen LogP contribution is 2.12. The highest BCUT2D eigenvalue weighted by molar-refractivity contribution is 6.63. The van der Waals surface area contributed by atoms with Crippen LogP contribution >= 0.6 is 82.8 Å².